The van der Waals surface area contributed by atoms with Crippen LogP contribution in [0.3, 0.4) is 0 Å². The standard InChI is InChI=1S/C10H7ClF3NO4/c1-2-19-9(16)5-3-4-6(15(17)18)8(11)7(5)10(12,13)14/h3-4H,2H2,1H3. The fourth-order valence-corrected chi connectivity index (χ4v) is 1.70. The molecule has 0 aliphatic carbocycles. The second kappa shape index (κ2) is 5.43. The molecular weight excluding hydrogens is 291 g/mol. The summed E-state index contributed by atoms with van der Waals surface area (Å²) >= 11 is 5.37. The smallest absolute Gasteiger partial charge is 0.418 e. The summed E-state index contributed by atoms with van der Waals surface area (Å²) in [5, 5.41) is 9.41. The van der Waals surface area contributed by atoms with Gasteiger partial charge in [-0.2, -0.15) is 13.2 Å². The maximum absolute atomic E-state index is 12.8. The zero-order valence-electron chi connectivity index (χ0n) is 9.45. The summed E-state index contributed by atoms with van der Waals surface area (Å²) in [7, 11) is 0. The van der Waals surface area contributed by atoms with E-state index in [0.717, 1.165) is 6.07 Å². The molecule has 9 heteroatoms. The Kier molecular flexibility index (Phi) is 4.35. The SMILES string of the molecule is CCOC(=O)c1ccc([N+](=O)[O-])c(Cl)c1C(F)(F)F. The van der Waals surface area contributed by atoms with E-state index in [1.165, 1.54) is 6.92 Å². The second-order valence-corrected chi connectivity index (χ2v) is 3.67. The van der Waals surface area contributed by atoms with Crippen molar-refractivity contribution in [3.05, 3.63) is 38.4 Å². The van der Waals surface area contributed by atoms with Crippen molar-refractivity contribution in [3.63, 3.8) is 0 Å². The average Bonchev–Trinajstić information content (AvgIpc) is 2.26. The number of ether oxygens (including phenoxy) is 1. The lowest BCUT2D eigenvalue weighted by Crippen LogP contribution is -2.16. The predicted octanol–water partition coefficient (Wildman–Crippen LogP) is 3.44. The van der Waals surface area contributed by atoms with Gasteiger partial charge in [0, 0.05) is 6.07 Å². The minimum Gasteiger partial charge on any atom is -0.462 e. The first-order valence-electron chi connectivity index (χ1n) is 4.91. The molecule has 0 bridgehead atoms. The van der Waals surface area contributed by atoms with Gasteiger partial charge in [-0.3, -0.25) is 10.1 Å². The summed E-state index contributed by atoms with van der Waals surface area (Å²) in [5.41, 5.74) is -3.35. The Hall–Kier alpha value is -1.83. The number of carbonyl (C=O) groups is 1. The number of nitro benzene ring substituents is 1. The molecule has 104 valence electrons. The molecule has 0 heterocycles. The van der Waals surface area contributed by atoms with E-state index in [0.29, 0.717) is 6.07 Å². The lowest BCUT2D eigenvalue weighted by molar-refractivity contribution is -0.385. The van der Waals surface area contributed by atoms with Crippen LogP contribution in [0.1, 0.15) is 22.8 Å². The Morgan fingerprint density at radius 2 is 2.05 bits per heavy atom. The first kappa shape index (κ1) is 15.2. The molecule has 0 saturated carbocycles. The Morgan fingerprint density at radius 3 is 2.47 bits per heavy atom. The molecule has 0 amide bonds. The van der Waals surface area contributed by atoms with Crippen molar-refractivity contribution < 1.29 is 27.6 Å². The Labute approximate surface area is 110 Å². The molecule has 0 aromatic heterocycles. The highest BCUT2D eigenvalue weighted by molar-refractivity contribution is 6.34. The normalized spacial score (nSPS) is 11.2. The van der Waals surface area contributed by atoms with Gasteiger partial charge in [0.05, 0.1) is 22.7 Å². The van der Waals surface area contributed by atoms with Gasteiger partial charge in [0.2, 0.25) is 0 Å². The topological polar surface area (TPSA) is 69.4 Å². The molecule has 19 heavy (non-hydrogen) atoms. The van der Waals surface area contributed by atoms with E-state index in [4.69, 9.17) is 11.6 Å². The Balaban J connectivity index is 3.54. The number of hydrogen-bond donors (Lipinski definition) is 0. The van der Waals surface area contributed by atoms with Gasteiger partial charge in [-0.25, -0.2) is 4.79 Å². The summed E-state index contributed by atoms with van der Waals surface area (Å²) in [6.07, 6.45) is -5.01. The first-order valence-corrected chi connectivity index (χ1v) is 5.29. The third-order valence-electron chi connectivity index (χ3n) is 2.10. The van der Waals surface area contributed by atoms with Crippen LogP contribution in [0.15, 0.2) is 12.1 Å². The number of nitrogens with zero attached hydrogens (tertiary/aromatic N) is 1. The van der Waals surface area contributed by atoms with E-state index in [1.54, 1.807) is 0 Å². The molecule has 0 unspecified atom stereocenters. The Morgan fingerprint density at radius 1 is 1.47 bits per heavy atom. The van der Waals surface area contributed by atoms with Crippen LogP contribution in [0.2, 0.25) is 5.02 Å². The number of esters is 1. The van der Waals surface area contributed by atoms with Crippen LogP contribution in [0.25, 0.3) is 0 Å². The molecule has 0 atom stereocenters. The molecule has 1 aromatic carbocycles. The summed E-state index contributed by atoms with van der Waals surface area (Å²) in [6, 6.07) is 1.40. The van der Waals surface area contributed by atoms with Crippen LogP contribution in [0.5, 0.6) is 0 Å². The molecule has 0 spiro atoms. The number of nitro groups is 1. The number of halogens is 4. The van der Waals surface area contributed by atoms with Gasteiger partial charge >= 0.3 is 12.1 Å². The van der Waals surface area contributed by atoms with Gasteiger partial charge in [0.25, 0.3) is 5.69 Å². The second-order valence-electron chi connectivity index (χ2n) is 3.30. The monoisotopic (exact) mass is 297 g/mol. The number of alkyl halides is 3. The van der Waals surface area contributed by atoms with Crippen LogP contribution in [-0.2, 0) is 10.9 Å². The fourth-order valence-electron chi connectivity index (χ4n) is 1.36. The summed E-state index contributed by atoms with van der Waals surface area (Å²) < 4.78 is 43.0. The Bertz CT molecular complexity index is 530. The van der Waals surface area contributed by atoms with Gasteiger partial charge in [-0.05, 0) is 13.0 Å². The lowest BCUT2D eigenvalue weighted by atomic mass is 10.1. The van der Waals surface area contributed by atoms with Crippen molar-refractivity contribution in [2.75, 3.05) is 6.61 Å². The van der Waals surface area contributed by atoms with Crippen LogP contribution in [0, 0.1) is 10.1 Å². The van der Waals surface area contributed by atoms with Gasteiger partial charge in [-0.15, -0.1) is 0 Å². The minimum atomic E-state index is -5.01. The molecule has 1 aromatic rings. The lowest BCUT2D eigenvalue weighted by Gasteiger charge is -2.13. The highest BCUT2D eigenvalue weighted by Crippen LogP contribution is 2.41. The average molecular weight is 298 g/mol. The first-order chi connectivity index (χ1) is 8.70. The molecule has 0 aliphatic heterocycles. The van der Waals surface area contributed by atoms with Crippen molar-refractivity contribution in [3.8, 4) is 0 Å². The quantitative estimate of drug-likeness (QED) is 0.487. The zero-order valence-corrected chi connectivity index (χ0v) is 10.2. The molecule has 1 rings (SSSR count). The van der Waals surface area contributed by atoms with Gasteiger partial charge in [-0.1, -0.05) is 11.6 Å². The van der Waals surface area contributed by atoms with E-state index in [-0.39, 0.29) is 6.61 Å². The minimum absolute atomic E-state index is 0.134. The number of carbonyl (C=O) groups excluding carboxylic acids is 1. The number of benzene rings is 1. The number of rotatable bonds is 3. The summed E-state index contributed by atoms with van der Waals surface area (Å²) in [4.78, 5) is 20.9. The van der Waals surface area contributed by atoms with Crippen molar-refractivity contribution in [1.82, 2.24) is 0 Å². The molecule has 0 aliphatic rings. The molecule has 5 nitrogen and oxygen atoms in total. The van der Waals surface area contributed by atoms with Crippen molar-refractivity contribution >= 4 is 23.3 Å². The molecule has 0 fully saturated rings. The maximum atomic E-state index is 12.8. The summed E-state index contributed by atoms with van der Waals surface area (Å²) in [6.45, 7) is 1.28. The van der Waals surface area contributed by atoms with E-state index < -0.39 is 38.9 Å². The van der Waals surface area contributed by atoms with Crippen LogP contribution >= 0.6 is 11.6 Å². The van der Waals surface area contributed by atoms with Crippen LogP contribution < -0.4 is 0 Å². The van der Waals surface area contributed by atoms with Crippen molar-refractivity contribution in [2.24, 2.45) is 0 Å². The van der Waals surface area contributed by atoms with Crippen molar-refractivity contribution in [1.29, 1.82) is 0 Å². The van der Waals surface area contributed by atoms with Crippen LogP contribution in [0.4, 0.5) is 18.9 Å². The zero-order chi connectivity index (χ0) is 14.8. The largest absolute Gasteiger partial charge is 0.462 e. The number of hydrogen-bond acceptors (Lipinski definition) is 4. The van der Waals surface area contributed by atoms with Gasteiger partial charge in [0.1, 0.15) is 5.02 Å². The van der Waals surface area contributed by atoms with E-state index in [9.17, 15) is 28.1 Å². The highest BCUT2D eigenvalue weighted by Gasteiger charge is 2.41. The highest BCUT2D eigenvalue weighted by atomic mass is 35.5. The summed E-state index contributed by atoms with van der Waals surface area (Å²) in [5.74, 6) is -1.24. The van der Waals surface area contributed by atoms with Crippen molar-refractivity contribution in [2.45, 2.75) is 13.1 Å². The molecule has 0 N–H and O–H groups in total. The third kappa shape index (κ3) is 3.14. The van der Waals surface area contributed by atoms with E-state index in [2.05, 4.69) is 4.74 Å². The van der Waals surface area contributed by atoms with Crippen LogP contribution in [-0.4, -0.2) is 17.5 Å². The van der Waals surface area contributed by atoms with E-state index in [1.807, 2.05) is 0 Å². The third-order valence-corrected chi connectivity index (χ3v) is 2.48. The van der Waals surface area contributed by atoms with Gasteiger partial charge < -0.3 is 4.74 Å². The molecule has 0 saturated heterocycles. The fraction of sp³-hybridized carbons (Fsp3) is 0.300. The molecular formula is C10H7ClF3NO4. The maximum Gasteiger partial charge on any atom is 0.418 e. The predicted molar refractivity (Wildman–Crippen MR) is 59.1 cm³/mol. The van der Waals surface area contributed by atoms with E-state index >= 15 is 0 Å². The van der Waals surface area contributed by atoms with Gasteiger partial charge in [0.15, 0.2) is 0 Å². The molecule has 0 radical (unpaired) electrons.